The maximum absolute atomic E-state index is 10.5. The quantitative estimate of drug-likeness (QED) is 0.146. The lowest BCUT2D eigenvalue weighted by atomic mass is 9.99. The van der Waals surface area contributed by atoms with Crippen LogP contribution >= 0.6 is 15.2 Å². The molecule has 0 aliphatic carbocycles. The van der Waals surface area contributed by atoms with E-state index in [1.54, 1.807) is 0 Å². The van der Waals surface area contributed by atoms with E-state index in [-0.39, 0.29) is 14.9 Å². The molecule has 2 heterocycles. The lowest BCUT2D eigenvalue weighted by Gasteiger charge is -2.45. The largest absolute Gasteiger partial charge is 0.809 e. The van der Waals surface area contributed by atoms with Crippen LogP contribution in [0.15, 0.2) is 0 Å². The number of aliphatic hydroxyl groups is 10. The molecule has 208 valence electrons. The predicted molar refractivity (Wildman–Crippen MR) is 98.5 cm³/mol. The first-order valence-corrected chi connectivity index (χ1v) is 11.7. The van der Waals surface area contributed by atoms with Crippen LogP contribution in [0.3, 0.4) is 0 Å². The molecule has 12 atom stereocenters. The molecule has 0 amide bonds. The molecule has 2 saturated heterocycles. The van der Waals surface area contributed by atoms with Crippen molar-refractivity contribution in [2.45, 2.75) is 88.0 Å². The topological polar surface area (TPSA) is 347 Å². The molecule has 12 unspecified atom stereocenters. The molecule has 0 aromatic rings. The van der Waals surface area contributed by atoms with Gasteiger partial charge in [-0.2, -0.15) is 0 Å². The van der Waals surface area contributed by atoms with E-state index in [4.69, 9.17) is 40.9 Å². The molecular weight excluding hydrogens is 518 g/mol. The molecular formula is C14H30O18P2-4. The fraction of sp³-hybridized carbons (Fsp3) is 1.00. The maximum Gasteiger partial charge on any atom is 0.184 e. The molecule has 2 aliphatic heterocycles. The zero-order chi connectivity index (χ0) is 25.3. The van der Waals surface area contributed by atoms with Crippen molar-refractivity contribution in [3.63, 3.8) is 0 Å². The number of aliphatic hydroxyl groups excluding tert-OH is 10. The Labute approximate surface area is 193 Å². The van der Waals surface area contributed by atoms with Gasteiger partial charge in [-0.05, 0) is 15.2 Å². The number of ether oxygens (including phenoxy) is 2. The molecule has 0 bridgehead atoms. The second-order valence-corrected chi connectivity index (χ2v) is 10.1. The molecule has 10 N–H and O–H groups in total. The first-order valence-electron chi connectivity index (χ1n) is 8.47. The van der Waals surface area contributed by atoms with Gasteiger partial charge in [0.2, 0.25) is 0 Å². The second kappa shape index (κ2) is 13.4. The standard InChI is InChI=1S/2C6H13O9P.2CH4/c2*7-1-2(8)4(6(11)16(12,13)14)15-5(10)3(1)9;;/h2*1-11H,(H2,12,13,14);2*1H4/p-4. The van der Waals surface area contributed by atoms with Gasteiger partial charge < -0.3 is 89.2 Å². The van der Waals surface area contributed by atoms with E-state index in [2.05, 4.69) is 9.47 Å². The Hall–Kier alpha value is -0.180. The summed E-state index contributed by atoms with van der Waals surface area (Å²) >= 11 is 0. The first kappa shape index (κ1) is 36.0. The van der Waals surface area contributed by atoms with Gasteiger partial charge in [0.15, 0.2) is 12.6 Å². The zero-order valence-corrected chi connectivity index (χ0v) is 17.3. The van der Waals surface area contributed by atoms with Gasteiger partial charge in [-0.15, -0.1) is 0 Å². The van der Waals surface area contributed by atoms with Gasteiger partial charge in [0.25, 0.3) is 0 Å². The zero-order valence-electron chi connectivity index (χ0n) is 15.6. The van der Waals surface area contributed by atoms with E-state index in [0.29, 0.717) is 0 Å². The molecule has 0 aromatic heterocycles. The molecule has 2 aliphatic rings. The summed E-state index contributed by atoms with van der Waals surface area (Å²) in [5, 5.41) is 90.9. The van der Waals surface area contributed by atoms with Crippen molar-refractivity contribution in [3.05, 3.63) is 0 Å². The summed E-state index contributed by atoms with van der Waals surface area (Å²) in [6, 6.07) is 0. The molecule has 20 heteroatoms. The highest BCUT2D eigenvalue weighted by atomic mass is 31.2. The van der Waals surface area contributed by atoms with Gasteiger partial charge in [-0.25, -0.2) is 0 Å². The van der Waals surface area contributed by atoms with E-state index < -0.39 is 88.3 Å². The minimum absolute atomic E-state index is 0. The van der Waals surface area contributed by atoms with Gasteiger partial charge in [0.05, 0.1) is 0 Å². The van der Waals surface area contributed by atoms with Crippen LogP contribution in [0, 0.1) is 0 Å². The Balaban J connectivity index is 0. The lowest BCUT2D eigenvalue weighted by molar-refractivity contribution is -0.339. The first-order chi connectivity index (χ1) is 14.3. The third-order valence-electron chi connectivity index (χ3n) is 4.49. The Morgan fingerprint density at radius 2 is 0.765 bits per heavy atom. The third-order valence-corrected chi connectivity index (χ3v) is 6.37. The van der Waals surface area contributed by atoms with Crippen LogP contribution < -0.4 is 19.6 Å². The normalized spacial score (nSPS) is 40.5. The second-order valence-electron chi connectivity index (χ2n) is 6.83. The smallest absolute Gasteiger partial charge is 0.184 e. The third kappa shape index (κ3) is 8.45. The van der Waals surface area contributed by atoms with Gasteiger partial charge in [-0.3, -0.25) is 0 Å². The predicted octanol–water partition coefficient (Wildman–Crippen LogP) is -8.69. The summed E-state index contributed by atoms with van der Waals surface area (Å²) in [6.45, 7) is 0. The van der Waals surface area contributed by atoms with E-state index in [0.717, 1.165) is 0 Å². The van der Waals surface area contributed by atoms with Crippen LogP contribution in [0.25, 0.3) is 0 Å². The minimum Gasteiger partial charge on any atom is -0.809 e. The summed E-state index contributed by atoms with van der Waals surface area (Å²) in [5.41, 5.74) is 0. The van der Waals surface area contributed by atoms with Gasteiger partial charge >= 0.3 is 0 Å². The molecule has 18 nitrogen and oxygen atoms in total. The van der Waals surface area contributed by atoms with Crippen molar-refractivity contribution in [2.75, 3.05) is 0 Å². The van der Waals surface area contributed by atoms with Gasteiger partial charge in [-0.1, -0.05) is 14.9 Å². The highest BCUT2D eigenvalue weighted by Crippen LogP contribution is 2.38. The van der Waals surface area contributed by atoms with E-state index >= 15 is 0 Å². The van der Waals surface area contributed by atoms with Crippen LogP contribution in [-0.4, -0.2) is 124 Å². The Kier molecular flexibility index (Phi) is 14.2. The molecule has 0 spiro atoms. The summed E-state index contributed by atoms with van der Waals surface area (Å²) in [7, 11) is -10.9. The fourth-order valence-electron chi connectivity index (χ4n) is 2.63. The summed E-state index contributed by atoms with van der Waals surface area (Å²) in [5.74, 6) is -5.25. The SMILES string of the molecule is C.C.O=P([O-])([O-])C(O)C1OC(O)C(O)C(O)C1O.O=P([O-])([O-])C(O)C1OC(O)C(O)C(O)C1O. The fourth-order valence-corrected chi connectivity index (χ4v) is 3.84. The highest BCUT2D eigenvalue weighted by Gasteiger charge is 2.47. The molecule has 0 saturated carbocycles. The molecule has 2 rings (SSSR count). The average Bonchev–Trinajstić information content (AvgIpc) is 2.68. The van der Waals surface area contributed by atoms with Crippen LogP contribution in [-0.2, 0) is 18.6 Å². The molecule has 2 fully saturated rings. The average molecular weight is 548 g/mol. The van der Waals surface area contributed by atoms with E-state index in [9.17, 15) is 38.9 Å². The van der Waals surface area contributed by atoms with E-state index in [1.165, 1.54) is 0 Å². The van der Waals surface area contributed by atoms with Crippen molar-refractivity contribution >= 4 is 15.2 Å². The van der Waals surface area contributed by atoms with Crippen molar-refractivity contribution < 1.29 is 89.2 Å². The van der Waals surface area contributed by atoms with Crippen molar-refractivity contribution in [1.82, 2.24) is 0 Å². The van der Waals surface area contributed by atoms with Crippen LogP contribution in [0.5, 0.6) is 0 Å². The highest BCUT2D eigenvalue weighted by molar-refractivity contribution is 7.49. The van der Waals surface area contributed by atoms with Gasteiger partial charge in [0, 0.05) is 0 Å². The Morgan fingerprint density at radius 1 is 0.529 bits per heavy atom. The minimum atomic E-state index is -5.47. The van der Waals surface area contributed by atoms with Gasteiger partial charge in [0.1, 0.15) is 60.5 Å². The van der Waals surface area contributed by atoms with Crippen LogP contribution in [0.4, 0.5) is 0 Å². The number of hydrogen-bond donors (Lipinski definition) is 10. The maximum atomic E-state index is 10.5. The summed E-state index contributed by atoms with van der Waals surface area (Å²) in [6.07, 6.45) is -19.7. The van der Waals surface area contributed by atoms with E-state index in [1.807, 2.05) is 0 Å². The molecule has 0 radical (unpaired) electrons. The Morgan fingerprint density at radius 3 is 0.971 bits per heavy atom. The van der Waals surface area contributed by atoms with Crippen molar-refractivity contribution in [3.8, 4) is 0 Å². The summed E-state index contributed by atoms with van der Waals surface area (Å²) < 4.78 is 29.6. The lowest BCUT2D eigenvalue weighted by Crippen LogP contribution is -2.61. The Bertz CT molecular complexity index is 640. The number of rotatable bonds is 4. The van der Waals surface area contributed by atoms with Crippen LogP contribution in [0.2, 0.25) is 0 Å². The van der Waals surface area contributed by atoms with Crippen molar-refractivity contribution in [1.29, 1.82) is 0 Å². The summed E-state index contributed by atoms with van der Waals surface area (Å²) in [4.78, 5) is 41.9. The van der Waals surface area contributed by atoms with Crippen molar-refractivity contribution in [2.24, 2.45) is 0 Å². The monoisotopic (exact) mass is 548 g/mol. The van der Waals surface area contributed by atoms with Crippen LogP contribution in [0.1, 0.15) is 14.9 Å². The number of hydrogen-bond acceptors (Lipinski definition) is 18. The molecule has 0 aromatic carbocycles. The molecule has 34 heavy (non-hydrogen) atoms.